The average Bonchev–Trinajstić information content (AvgIpc) is 1.91. The number of rotatable bonds is 0. The van der Waals surface area contributed by atoms with Crippen molar-refractivity contribution in [3.63, 3.8) is 0 Å². The van der Waals surface area contributed by atoms with Crippen LogP contribution in [0.4, 0.5) is 0 Å². The molecule has 1 heterocycles. The lowest BCUT2D eigenvalue weighted by atomic mass is 11.0. The summed E-state index contributed by atoms with van der Waals surface area (Å²) in [5.41, 5.74) is 0. The second-order valence-corrected chi connectivity index (χ2v) is 3.33. The molecule has 0 fully saturated rings. The second kappa shape index (κ2) is 1.84. The van der Waals surface area contributed by atoms with Crippen LogP contribution in [0.5, 0.6) is 0 Å². The van der Waals surface area contributed by atoms with E-state index in [9.17, 15) is 0 Å². The predicted molar refractivity (Wildman–Crippen MR) is 32.0 cm³/mol. The Labute approximate surface area is 49.4 Å². The fraction of sp³-hybridized carbons (Fsp3) is 0.333. The molecule has 0 bridgehead atoms. The molecule has 1 aliphatic rings. The molecule has 0 spiro atoms. The van der Waals surface area contributed by atoms with Gasteiger partial charge in [0.15, 0.2) is 0 Å². The molecule has 0 amide bonds. The third-order valence-electron chi connectivity index (χ3n) is 0.679. The van der Waals surface area contributed by atoms with Gasteiger partial charge in [-0.25, -0.2) is 0 Å². The highest BCUT2D eigenvalue weighted by Crippen LogP contribution is 2.10. The van der Waals surface area contributed by atoms with E-state index in [-0.39, 0.29) is 0 Å². The van der Waals surface area contributed by atoms with Crippen molar-refractivity contribution in [2.75, 3.05) is 5.88 Å². The standard InChI is InChI=1S/C3H5ClN2S/c4-3-1-6-2-7(3)5/h1,5-6H,2H2. The lowest BCUT2D eigenvalue weighted by Crippen LogP contribution is -2.00. The highest BCUT2D eigenvalue weighted by Gasteiger charge is 2.03. The molecule has 0 aromatic carbocycles. The summed E-state index contributed by atoms with van der Waals surface area (Å²) in [6.07, 6.45) is 1.68. The summed E-state index contributed by atoms with van der Waals surface area (Å²) in [6.45, 7) is 0. The molecule has 0 aromatic rings. The van der Waals surface area contributed by atoms with Crippen LogP contribution in [-0.2, 0) is 10.7 Å². The fourth-order valence-corrected chi connectivity index (χ4v) is 1.20. The summed E-state index contributed by atoms with van der Waals surface area (Å²) in [6, 6.07) is 0. The maximum absolute atomic E-state index is 7.10. The van der Waals surface area contributed by atoms with E-state index in [1.807, 2.05) is 0 Å². The van der Waals surface area contributed by atoms with Crippen molar-refractivity contribution in [1.29, 1.82) is 4.78 Å². The first kappa shape index (κ1) is 5.12. The minimum absolute atomic E-state index is 0.452. The van der Waals surface area contributed by atoms with Gasteiger partial charge < -0.3 is 5.32 Å². The van der Waals surface area contributed by atoms with E-state index in [1.165, 1.54) is 0 Å². The molecule has 1 aliphatic heterocycles. The topological polar surface area (TPSA) is 35.9 Å². The van der Waals surface area contributed by atoms with Crippen molar-refractivity contribution in [3.8, 4) is 0 Å². The van der Waals surface area contributed by atoms with Gasteiger partial charge in [-0.05, 0) is 10.7 Å². The Morgan fingerprint density at radius 1 is 2.00 bits per heavy atom. The zero-order valence-electron chi connectivity index (χ0n) is 3.57. The van der Waals surface area contributed by atoms with Crippen LogP contribution < -0.4 is 5.32 Å². The third-order valence-corrected chi connectivity index (χ3v) is 2.39. The van der Waals surface area contributed by atoms with Gasteiger partial charge in [-0.3, -0.25) is 4.78 Å². The summed E-state index contributed by atoms with van der Waals surface area (Å²) >= 11 is 5.49. The van der Waals surface area contributed by atoms with Gasteiger partial charge in [-0.1, -0.05) is 11.6 Å². The lowest BCUT2D eigenvalue weighted by molar-refractivity contribution is 1.08. The van der Waals surface area contributed by atoms with Gasteiger partial charge in [0.05, 0.1) is 5.88 Å². The van der Waals surface area contributed by atoms with Gasteiger partial charge in [0.25, 0.3) is 0 Å². The first-order chi connectivity index (χ1) is 3.30. The smallest absolute Gasteiger partial charge is 0.101 e. The predicted octanol–water partition coefficient (Wildman–Crippen LogP) is 0.965. The van der Waals surface area contributed by atoms with Crippen LogP contribution in [0.25, 0.3) is 0 Å². The minimum Gasteiger partial charge on any atom is -0.379 e. The van der Waals surface area contributed by atoms with Gasteiger partial charge in [-0.2, -0.15) is 0 Å². The van der Waals surface area contributed by atoms with E-state index in [1.54, 1.807) is 6.20 Å². The van der Waals surface area contributed by atoms with Crippen LogP contribution in [0.2, 0.25) is 0 Å². The second-order valence-electron chi connectivity index (χ2n) is 1.19. The van der Waals surface area contributed by atoms with Crippen molar-refractivity contribution >= 4 is 22.3 Å². The first-order valence-corrected chi connectivity index (χ1v) is 3.59. The number of hydrogen-bond acceptors (Lipinski definition) is 2. The van der Waals surface area contributed by atoms with Gasteiger partial charge in [0.1, 0.15) is 4.36 Å². The summed E-state index contributed by atoms with van der Waals surface area (Å²) < 4.78 is 7.74. The van der Waals surface area contributed by atoms with Crippen molar-refractivity contribution < 1.29 is 0 Å². The Hall–Kier alpha value is -0.0200. The molecule has 2 nitrogen and oxygen atoms in total. The van der Waals surface area contributed by atoms with Crippen molar-refractivity contribution in [2.24, 2.45) is 0 Å². The summed E-state index contributed by atoms with van der Waals surface area (Å²) in [4.78, 5) is 0. The highest BCUT2D eigenvalue weighted by molar-refractivity contribution is 7.91. The molecule has 1 rings (SSSR count). The maximum atomic E-state index is 7.10. The molecule has 0 aromatic heterocycles. The van der Waals surface area contributed by atoms with Gasteiger partial charge in [-0.15, -0.1) is 0 Å². The summed E-state index contributed by atoms with van der Waals surface area (Å²) in [5.74, 6) is 0.693. The maximum Gasteiger partial charge on any atom is 0.101 e. The molecule has 0 saturated carbocycles. The first-order valence-electron chi connectivity index (χ1n) is 1.82. The van der Waals surface area contributed by atoms with Crippen molar-refractivity contribution in [1.82, 2.24) is 5.32 Å². The van der Waals surface area contributed by atoms with E-state index < -0.39 is 10.7 Å². The minimum atomic E-state index is -0.452. The van der Waals surface area contributed by atoms with Crippen LogP contribution in [0.1, 0.15) is 0 Å². The molecule has 0 radical (unpaired) electrons. The Morgan fingerprint density at radius 2 is 2.71 bits per heavy atom. The monoisotopic (exact) mass is 136 g/mol. The number of halogens is 1. The van der Waals surface area contributed by atoms with Crippen LogP contribution >= 0.6 is 11.6 Å². The van der Waals surface area contributed by atoms with E-state index in [2.05, 4.69) is 5.32 Å². The quantitative estimate of drug-likeness (QED) is 0.512. The molecular formula is C3H5ClN2S. The fourth-order valence-electron chi connectivity index (χ4n) is 0.345. The highest BCUT2D eigenvalue weighted by atomic mass is 35.5. The van der Waals surface area contributed by atoms with Crippen LogP contribution in [0.3, 0.4) is 0 Å². The van der Waals surface area contributed by atoms with Crippen LogP contribution in [-0.4, -0.2) is 5.88 Å². The van der Waals surface area contributed by atoms with Crippen molar-refractivity contribution in [3.05, 3.63) is 10.6 Å². The molecular weight excluding hydrogens is 132 g/mol. The van der Waals surface area contributed by atoms with E-state index >= 15 is 0 Å². The molecule has 1 unspecified atom stereocenters. The van der Waals surface area contributed by atoms with Crippen LogP contribution in [0, 0.1) is 4.78 Å². The van der Waals surface area contributed by atoms with E-state index in [0.717, 1.165) is 0 Å². The summed E-state index contributed by atoms with van der Waals surface area (Å²) in [5, 5.41) is 2.85. The Kier molecular flexibility index (Phi) is 1.35. The zero-order valence-corrected chi connectivity index (χ0v) is 5.14. The largest absolute Gasteiger partial charge is 0.379 e. The molecule has 0 saturated heterocycles. The average molecular weight is 137 g/mol. The molecule has 4 heteroatoms. The number of nitrogens with one attached hydrogen (secondary N) is 2. The zero-order chi connectivity index (χ0) is 5.28. The summed E-state index contributed by atoms with van der Waals surface area (Å²) in [7, 11) is -0.452. The van der Waals surface area contributed by atoms with Crippen molar-refractivity contribution in [2.45, 2.75) is 0 Å². The lowest BCUT2D eigenvalue weighted by Gasteiger charge is -1.86. The molecule has 2 N–H and O–H groups in total. The Balaban J connectivity index is 2.72. The Bertz CT molecular complexity index is 131. The molecule has 0 aliphatic carbocycles. The molecule has 7 heavy (non-hydrogen) atoms. The van der Waals surface area contributed by atoms with Gasteiger partial charge >= 0.3 is 0 Å². The Morgan fingerprint density at radius 3 is 2.86 bits per heavy atom. The van der Waals surface area contributed by atoms with Gasteiger partial charge in [0, 0.05) is 6.20 Å². The third kappa shape index (κ3) is 0.951. The normalized spacial score (nSPS) is 29.3. The van der Waals surface area contributed by atoms with E-state index in [0.29, 0.717) is 10.2 Å². The van der Waals surface area contributed by atoms with E-state index in [4.69, 9.17) is 16.4 Å². The molecule has 1 atom stereocenters. The number of hydrogen-bond donors (Lipinski definition) is 2. The SMILES string of the molecule is N=S1CNC=C1Cl. The van der Waals surface area contributed by atoms with Gasteiger partial charge in [0.2, 0.25) is 0 Å². The molecule has 40 valence electrons. The van der Waals surface area contributed by atoms with Crippen LogP contribution in [0.15, 0.2) is 10.6 Å².